The molecule has 4 aromatic rings. The summed E-state index contributed by atoms with van der Waals surface area (Å²) >= 11 is 0. The van der Waals surface area contributed by atoms with Gasteiger partial charge in [0.25, 0.3) is 0 Å². The molecule has 1 aromatic carbocycles. The molecule has 9 nitrogen and oxygen atoms in total. The lowest BCUT2D eigenvalue weighted by Crippen LogP contribution is -2.35. The highest BCUT2D eigenvalue weighted by molar-refractivity contribution is 5.86. The molecule has 9 heteroatoms. The third-order valence-corrected chi connectivity index (χ3v) is 7.17. The first kappa shape index (κ1) is 20.9. The molecular weight excluding hydrogens is 430 g/mol. The van der Waals surface area contributed by atoms with Crippen LogP contribution >= 0.6 is 0 Å². The number of hydrogen-bond acceptors (Lipinski definition) is 8. The Labute approximate surface area is 196 Å². The number of aromatic nitrogens is 5. The predicted molar refractivity (Wildman–Crippen MR) is 129 cm³/mol. The van der Waals surface area contributed by atoms with Crippen LogP contribution in [0.1, 0.15) is 48.5 Å². The Kier molecular flexibility index (Phi) is 5.06. The molecule has 1 fully saturated rings. The lowest BCUT2D eigenvalue weighted by Gasteiger charge is -2.34. The summed E-state index contributed by atoms with van der Waals surface area (Å²) in [5.41, 5.74) is 5.08. The number of piperidine rings is 1. The predicted octanol–water partition coefficient (Wildman–Crippen LogP) is 3.42. The van der Waals surface area contributed by atoms with E-state index in [1.807, 2.05) is 18.2 Å². The number of phenols is 1. The molecule has 4 N–H and O–H groups in total. The van der Waals surface area contributed by atoms with Crippen LogP contribution in [0, 0.1) is 0 Å². The van der Waals surface area contributed by atoms with Crippen LogP contribution < -0.4 is 10.2 Å². The standard InChI is InChI=1S/C25H27N7O2/c1-14-22-17-12-20(16-4-2-3-5-21(16)33)30-31-23(17)28-19(22)8-11-32(14)25-27-13-18(24(34)29-25)15-6-9-26-10-7-15/h2-5,12-15,26,33H,6-11H2,1H3,(H,28,31)(H,27,29,34). The maximum absolute atomic E-state index is 10.7. The van der Waals surface area contributed by atoms with Crippen molar-refractivity contribution in [2.45, 2.75) is 38.1 Å². The number of phenolic OH excluding ortho intramolecular Hbond substituents is 1. The number of anilines is 1. The molecular formula is C25H27N7O2. The van der Waals surface area contributed by atoms with Gasteiger partial charge in [0, 0.05) is 46.9 Å². The Morgan fingerprint density at radius 1 is 1.09 bits per heavy atom. The summed E-state index contributed by atoms with van der Waals surface area (Å²) in [5, 5.41) is 34.1. The minimum absolute atomic E-state index is 0.0250. The number of aromatic hydroxyl groups is 2. The largest absolute Gasteiger partial charge is 0.507 e. The van der Waals surface area contributed by atoms with Gasteiger partial charge in [-0.15, -0.1) is 10.2 Å². The Balaban J connectivity index is 1.35. The second kappa shape index (κ2) is 8.25. The number of benzene rings is 1. The first-order chi connectivity index (χ1) is 16.6. The number of fused-ring (bicyclic) bond motifs is 3. The number of nitrogens with zero attached hydrogens (tertiary/aromatic N) is 5. The van der Waals surface area contributed by atoms with Gasteiger partial charge in [-0.1, -0.05) is 12.1 Å². The van der Waals surface area contributed by atoms with Gasteiger partial charge in [0.05, 0.1) is 11.7 Å². The SMILES string of the molecule is CC1c2c([nH]c3nnc(-c4ccccc4O)cc23)CCN1c1ncc(C2CCNCC2)c(O)n1. The number of aromatic amines is 1. The minimum Gasteiger partial charge on any atom is -0.507 e. The van der Waals surface area contributed by atoms with Crippen molar-refractivity contribution in [3.05, 3.63) is 53.3 Å². The summed E-state index contributed by atoms with van der Waals surface area (Å²) in [4.78, 5) is 14.7. The molecule has 0 saturated carbocycles. The van der Waals surface area contributed by atoms with Crippen molar-refractivity contribution in [1.29, 1.82) is 0 Å². The minimum atomic E-state index is -0.0250. The van der Waals surface area contributed by atoms with Crippen LogP contribution in [0.5, 0.6) is 11.6 Å². The fourth-order valence-corrected chi connectivity index (χ4v) is 5.35. The molecule has 1 atom stereocenters. The van der Waals surface area contributed by atoms with Crippen LogP contribution in [0.3, 0.4) is 0 Å². The Morgan fingerprint density at radius 3 is 2.71 bits per heavy atom. The summed E-state index contributed by atoms with van der Waals surface area (Å²) in [6.07, 6.45) is 4.54. The molecule has 2 aliphatic rings. The molecule has 34 heavy (non-hydrogen) atoms. The second-order valence-electron chi connectivity index (χ2n) is 9.12. The van der Waals surface area contributed by atoms with Crippen LogP contribution in [-0.2, 0) is 6.42 Å². The summed E-state index contributed by atoms with van der Waals surface area (Å²) in [7, 11) is 0. The van der Waals surface area contributed by atoms with Gasteiger partial charge in [0.15, 0.2) is 5.65 Å². The fourth-order valence-electron chi connectivity index (χ4n) is 5.35. The van der Waals surface area contributed by atoms with E-state index in [1.54, 1.807) is 18.3 Å². The third-order valence-electron chi connectivity index (χ3n) is 7.17. The van der Waals surface area contributed by atoms with Gasteiger partial charge in [-0.25, -0.2) is 4.98 Å². The molecule has 174 valence electrons. The maximum atomic E-state index is 10.7. The highest BCUT2D eigenvalue weighted by Gasteiger charge is 2.31. The molecule has 5 heterocycles. The average molecular weight is 458 g/mol. The molecule has 0 radical (unpaired) electrons. The van der Waals surface area contributed by atoms with E-state index in [9.17, 15) is 10.2 Å². The monoisotopic (exact) mass is 457 g/mol. The van der Waals surface area contributed by atoms with E-state index in [-0.39, 0.29) is 17.7 Å². The van der Waals surface area contributed by atoms with Gasteiger partial charge in [0.2, 0.25) is 11.8 Å². The van der Waals surface area contributed by atoms with Crippen molar-refractivity contribution in [3.8, 4) is 22.9 Å². The first-order valence-electron chi connectivity index (χ1n) is 11.8. The zero-order valence-corrected chi connectivity index (χ0v) is 19.0. The van der Waals surface area contributed by atoms with Crippen molar-refractivity contribution >= 4 is 17.0 Å². The number of para-hydroxylation sites is 1. The second-order valence-corrected chi connectivity index (χ2v) is 9.12. The smallest absolute Gasteiger partial charge is 0.229 e. The van der Waals surface area contributed by atoms with Crippen molar-refractivity contribution in [3.63, 3.8) is 0 Å². The summed E-state index contributed by atoms with van der Waals surface area (Å²) in [6, 6.07) is 9.09. The van der Waals surface area contributed by atoms with Crippen LogP contribution in [0.4, 0.5) is 5.95 Å². The quantitative estimate of drug-likeness (QED) is 0.369. The lowest BCUT2D eigenvalue weighted by atomic mass is 9.92. The van der Waals surface area contributed by atoms with E-state index in [0.29, 0.717) is 23.1 Å². The molecule has 6 rings (SSSR count). The normalized spacial score (nSPS) is 18.9. The maximum Gasteiger partial charge on any atom is 0.229 e. The Hall–Kier alpha value is -3.72. The van der Waals surface area contributed by atoms with Crippen molar-refractivity contribution in [2.75, 3.05) is 24.5 Å². The molecule has 3 aromatic heterocycles. The molecule has 1 saturated heterocycles. The van der Waals surface area contributed by atoms with Gasteiger partial charge in [-0.05, 0) is 57.0 Å². The summed E-state index contributed by atoms with van der Waals surface area (Å²) < 4.78 is 0. The van der Waals surface area contributed by atoms with E-state index in [1.165, 1.54) is 0 Å². The van der Waals surface area contributed by atoms with Crippen LogP contribution in [-0.4, -0.2) is 55.0 Å². The topological polar surface area (TPSA) is 123 Å². The number of H-pyrrole nitrogens is 1. The molecule has 1 unspecified atom stereocenters. The van der Waals surface area contributed by atoms with E-state index >= 15 is 0 Å². The van der Waals surface area contributed by atoms with Gasteiger partial charge in [0.1, 0.15) is 5.75 Å². The zero-order valence-electron chi connectivity index (χ0n) is 19.0. The molecule has 0 aliphatic carbocycles. The zero-order chi connectivity index (χ0) is 23.2. The molecule has 2 aliphatic heterocycles. The van der Waals surface area contributed by atoms with E-state index < -0.39 is 0 Å². The van der Waals surface area contributed by atoms with Crippen LogP contribution in [0.2, 0.25) is 0 Å². The van der Waals surface area contributed by atoms with E-state index in [0.717, 1.165) is 66.8 Å². The number of hydrogen-bond donors (Lipinski definition) is 4. The Morgan fingerprint density at radius 2 is 1.91 bits per heavy atom. The Bertz CT molecular complexity index is 1360. The van der Waals surface area contributed by atoms with Gasteiger partial charge in [-0.2, -0.15) is 4.98 Å². The highest BCUT2D eigenvalue weighted by atomic mass is 16.3. The third kappa shape index (κ3) is 3.43. The summed E-state index contributed by atoms with van der Waals surface area (Å²) in [5.74, 6) is 1.08. The van der Waals surface area contributed by atoms with Crippen molar-refractivity contribution in [2.24, 2.45) is 0 Å². The van der Waals surface area contributed by atoms with Gasteiger partial charge < -0.3 is 25.4 Å². The molecule has 0 spiro atoms. The first-order valence-corrected chi connectivity index (χ1v) is 11.8. The lowest BCUT2D eigenvalue weighted by molar-refractivity contribution is 0.408. The van der Waals surface area contributed by atoms with Gasteiger partial charge >= 0.3 is 0 Å². The van der Waals surface area contributed by atoms with E-state index in [2.05, 4.69) is 42.3 Å². The molecule has 0 bridgehead atoms. The van der Waals surface area contributed by atoms with Crippen LogP contribution in [0.15, 0.2) is 36.5 Å². The highest BCUT2D eigenvalue weighted by Crippen LogP contribution is 2.39. The van der Waals surface area contributed by atoms with E-state index in [4.69, 9.17) is 0 Å². The number of rotatable bonds is 3. The number of nitrogens with one attached hydrogen (secondary N) is 2. The van der Waals surface area contributed by atoms with Crippen molar-refractivity contribution in [1.82, 2.24) is 30.5 Å². The van der Waals surface area contributed by atoms with Gasteiger partial charge in [-0.3, -0.25) is 0 Å². The summed E-state index contributed by atoms with van der Waals surface area (Å²) in [6.45, 7) is 4.74. The molecule has 0 amide bonds. The average Bonchev–Trinajstić information content (AvgIpc) is 3.24. The van der Waals surface area contributed by atoms with Crippen LogP contribution in [0.25, 0.3) is 22.3 Å². The van der Waals surface area contributed by atoms with Crippen molar-refractivity contribution < 1.29 is 10.2 Å². The fraction of sp³-hybridized carbons (Fsp3) is 0.360.